The number of hydrogen-bond acceptors (Lipinski definition) is 12. The summed E-state index contributed by atoms with van der Waals surface area (Å²) in [6.07, 6.45) is 0.802. The first kappa shape index (κ1) is 29.1. The largest absolute Gasteiger partial charge is 0.467 e. The number of anilines is 1. The van der Waals surface area contributed by atoms with E-state index in [0.717, 1.165) is 0 Å². The van der Waals surface area contributed by atoms with Crippen molar-refractivity contribution in [2.75, 3.05) is 32.4 Å². The maximum Gasteiger partial charge on any atom is 0.336 e. The zero-order valence-corrected chi connectivity index (χ0v) is 21.7. The Morgan fingerprint density at radius 3 is 2.14 bits per heavy atom. The van der Waals surface area contributed by atoms with Crippen LogP contribution in [-0.4, -0.2) is 82.3 Å². The summed E-state index contributed by atoms with van der Waals surface area (Å²) in [7, 11) is -2.67. The van der Waals surface area contributed by atoms with Gasteiger partial charge in [0.1, 0.15) is 30.3 Å². The minimum absolute atomic E-state index is 0.111. The quantitative estimate of drug-likeness (QED) is 0.170. The number of nitrogens with one attached hydrogen (secondary N) is 2. The third kappa shape index (κ3) is 7.68. The van der Waals surface area contributed by atoms with E-state index >= 15 is 0 Å². The number of carbonyl (C=O) groups excluding carboxylic acids is 3. The van der Waals surface area contributed by atoms with Gasteiger partial charge >= 0.3 is 17.9 Å². The van der Waals surface area contributed by atoms with Crippen LogP contribution in [0.1, 0.15) is 27.7 Å². The number of aromatic nitrogens is 4. The fourth-order valence-electron chi connectivity index (χ4n) is 3.11. The molecule has 0 aliphatic carbocycles. The lowest BCUT2D eigenvalue weighted by atomic mass is 10.3. The first-order chi connectivity index (χ1) is 17.0. The van der Waals surface area contributed by atoms with Crippen LogP contribution in [0.5, 0.6) is 0 Å². The fraction of sp³-hybridized carbons (Fsp3) is 0.600. The molecular formula is C20H32N7O8P. The lowest BCUT2D eigenvalue weighted by molar-refractivity contribution is -0.154. The topological polar surface area (TPSA) is 199 Å². The molecule has 2 rings (SSSR count). The van der Waals surface area contributed by atoms with Crippen molar-refractivity contribution in [2.24, 2.45) is 0 Å². The van der Waals surface area contributed by atoms with E-state index in [4.69, 9.17) is 24.7 Å². The number of nitrogens with two attached hydrogens (primary N) is 1. The maximum absolute atomic E-state index is 13.8. The summed E-state index contributed by atoms with van der Waals surface area (Å²) in [5, 5.41) is 5.29. The zero-order valence-electron chi connectivity index (χ0n) is 20.8. The first-order valence-corrected chi connectivity index (χ1v) is 13.0. The fourth-order valence-corrected chi connectivity index (χ4v) is 5.19. The number of hydrogen-bond donors (Lipinski definition) is 3. The second-order valence-corrected chi connectivity index (χ2v) is 9.84. The first-order valence-electron chi connectivity index (χ1n) is 11.1. The van der Waals surface area contributed by atoms with Crippen LogP contribution in [0.2, 0.25) is 0 Å². The van der Waals surface area contributed by atoms with Gasteiger partial charge in [-0.05, 0) is 27.7 Å². The van der Waals surface area contributed by atoms with E-state index in [9.17, 15) is 18.9 Å². The van der Waals surface area contributed by atoms with Crippen LogP contribution < -0.4 is 15.9 Å². The molecule has 0 unspecified atom stereocenters. The Bertz CT molecular complexity index is 1080. The van der Waals surface area contributed by atoms with Gasteiger partial charge in [-0.1, -0.05) is 0 Å². The van der Waals surface area contributed by atoms with Gasteiger partial charge in [-0.25, -0.2) is 29.9 Å². The van der Waals surface area contributed by atoms with Crippen LogP contribution in [0.3, 0.4) is 0 Å². The molecule has 4 N–H and O–H groups in total. The SMILES string of the molecule is CCOC(=O)[C@H](C)NP(=O)(CO[C@@H](Cn1cnc2c(N)ncnc21)C(=O)OC)N[C@@H](C)C(=O)OCC. The summed E-state index contributed by atoms with van der Waals surface area (Å²) in [4.78, 5) is 48.9. The van der Waals surface area contributed by atoms with Crippen molar-refractivity contribution in [1.82, 2.24) is 29.7 Å². The highest BCUT2D eigenvalue weighted by Gasteiger charge is 2.34. The second-order valence-electron chi connectivity index (χ2n) is 7.58. The number of esters is 3. The lowest BCUT2D eigenvalue weighted by Crippen LogP contribution is -2.43. The van der Waals surface area contributed by atoms with Gasteiger partial charge in [0.05, 0.1) is 33.2 Å². The Labute approximate surface area is 207 Å². The molecule has 200 valence electrons. The number of ether oxygens (including phenoxy) is 4. The van der Waals surface area contributed by atoms with E-state index in [2.05, 4.69) is 25.1 Å². The van der Waals surface area contributed by atoms with Crippen molar-refractivity contribution < 1.29 is 37.9 Å². The van der Waals surface area contributed by atoms with Gasteiger partial charge in [0.15, 0.2) is 17.6 Å². The number of imidazole rings is 1. The summed E-state index contributed by atoms with van der Waals surface area (Å²) in [5.74, 6) is -1.92. The number of fused-ring (bicyclic) bond motifs is 1. The van der Waals surface area contributed by atoms with Crippen LogP contribution in [0, 0.1) is 0 Å². The smallest absolute Gasteiger partial charge is 0.336 e. The van der Waals surface area contributed by atoms with E-state index in [-0.39, 0.29) is 25.6 Å². The molecule has 0 saturated heterocycles. The third-order valence-electron chi connectivity index (χ3n) is 4.80. The van der Waals surface area contributed by atoms with E-state index in [1.165, 1.54) is 38.2 Å². The van der Waals surface area contributed by atoms with Crippen molar-refractivity contribution in [1.29, 1.82) is 0 Å². The van der Waals surface area contributed by atoms with Gasteiger partial charge in [0.25, 0.3) is 0 Å². The summed E-state index contributed by atoms with van der Waals surface area (Å²) < 4.78 is 35.7. The molecule has 15 nitrogen and oxygen atoms in total. The van der Waals surface area contributed by atoms with Gasteiger partial charge in [-0.15, -0.1) is 0 Å². The van der Waals surface area contributed by atoms with Crippen molar-refractivity contribution in [3.8, 4) is 0 Å². The van der Waals surface area contributed by atoms with Gasteiger partial charge in [-0.2, -0.15) is 0 Å². The minimum atomic E-state index is -3.84. The monoisotopic (exact) mass is 529 g/mol. The van der Waals surface area contributed by atoms with Crippen LogP contribution in [-0.2, 0) is 44.4 Å². The molecule has 16 heteroatoms. The summed E-state index contributed by atoms with van der Waals surface area (Å²) >= 11 is 0. The highest BCUT2D eigenvalue weighted by atomic mass is 31.2. The average Bonchev–Trinajstić information content (AvgIpc) is 3.25. The molecule has 0 radical (unpaired) electrons. The maximum atomic E-state index is 13.8. The van der Waals surface area contributed by atoms with Crippen molar-refractivity contribution >= 4 is 42.3 Å². The Balaban J connectivity index is 2.26. The van der Waals surface area contributed by atoms with Crippen molar-refractivity contribution in [3.63, 3.8) is 0 Å². The van der Waals surface area contributed by atoms with Crippen molar-refractivity contribution in [2.45, 2.75) is 52.4 Å². The Hall–Kier alpha value is -3.13. The normalized spacial score (nSPS) is 14.1. The average molecular weight is 529 g/mol. The molecule has 36 heavy (non-hydrogen) atoms. The molecule has 0 aliphatic heterocycles. The van der Waals surface area contributed by atoms with Gasteiger partial charge in [0, 0.05) is 0 Å². The van der Waals surface area contributed by atoms with E-state index < -0.39 is 49.9 Å². The van der Waals surface area contributed by atoms with E-state index in [1.54, 1.807) is 13.8 Å². The van der Waals surface area contributed by atoms with Gasteiger partial charge in [-0.3, -0.25) is 14.2 Å². The molecule has 0 bridgehead atoms. The molecule has 2 aromatic rings. The number of nitrogen functional groups attached to an aromatic ring is 1. The molecule has 0 aliphatic rings. The Kier molecular flexibility index (Phi) is 10.7. The van der Waals surface area contributed by atoms with E-state index in [0.29, 0.717) is 11.2 Å². The third-order valence-corrected chi connectivity index (χ3v) is 6.92. The highest BCUT2D eigenvalue weighted by Crippen LogP contribution is 2.38. The van der Waals surface area contributed by atoms with Crippen LogP contribution in [0.4, 0.5) is 5.82 Å². The van der Waals surface area contributed by atoms with Gasteiger partial charge in [0.2, 0.25) is 7.44 Å². The minimum Gasteiger partial charge on any atom is -0.467 e. The van der Waals surface area contributed by atoms with Crippen LogP contribution in [0.15, 0.2) is 12.7 Å². The summed E-state index contributed by atoms with van der Waals surface area (Å²) in [6, 6.07) is -2.04. The molecule has 2 heterocycles. The molecule has 0 amide bonds. The zero-order chi connectivity index (χ0) is 26.9. The van der Waals surface area contributed by atoms with Crippen LogP contribution >= 0.6 is 7.44 Å². The molecular weight excluding hydrogens is 497 g/mol. The van der Waals surface area contributed by atoms with Crippen molar-refractivity contribution in [3.05, 3.63) is 12.7 Å². The lowest BCUT2D eigenvalue weighted by Gasteiger charge is -2.27. The predicted molar refractivity (Wildman–Crippen MR) is 128 cm³/mol. The number of carbonyl (C=O) groups is 3. The second kappa shape index (κ2) is 13.3. The molecule has 0 spiro atoms. The Morgan fingerprint density at radius 2 is 1.61 bits per heavy atom. The predicted octanol–water partition coefficient (Wildman–Crippen LogP) is 0.200. The molecule has 2 aromatic heterocycles. The molecule has 0 saturated carbocycles. The molecule has 3 atom stereocenters. The summed E-state index contributed by atoms with van der Waals surface area (Å²) in [6.45, 7) is 6.29. The van der Waals surface area contributed by atoms with Crippen LogP contribution in [0.25, 0.3) is 11.2 Å². The highest BCUT2D eigenvalue weighted by molar-refractivity contribution is 7.59. The Morgan fingerprint density at radius 1 is 1.03 bits per heavy atom. The van der Waals surface area contributed by atoms with E-state index in [1.807, 2.05) is 0 Å². The van der Waals surface area contributed by atoms with Gasteiger partial charge < -0.3 is 29.2 Å². The molecule has 0 fully saturated rings. The molecule has 0 aromatic carbocycles. The standard InChI is InChI=1S/C20H32N7O8P/c1-6-33-18(28)12(3)25-36(31,26-13(4)19(29)34-7-2)11-35-14(20(30)32-5)8-27-10-24-15-16(21)22-9-23-17(15)27/h9-10,12-14H,6-8,11H2,1-5H3,(H2,21,22,23)(H2,25,26,31)/t12-,13-,14-/m0/s1. The number of nitrogens with zero attached hydrogens (tertiary/aromatic N) is 4. The summed E-state index contributed by atoms with van der Waals surface area (Å²) in [5.41, 5.74) is 6.50. The number of rotatable bonds is 14. The number of methoxy groups -OCH3 is 1.